The molecule has 6 heteroatoms. The molecule has 4 aliphatic rings. The van der Waals surface area contributed by atoms with E-state index in [0.717, 1.165) is 32.0 Å². The highest BCUT2D eigenvalue weighted by atomic mass is 19.1. The fourth-order valence-electron chi connectivity index (χ4n) is 5.12. The second-order valence-corrected chi connectivity index (χ2v) is 7.45. The maximum atomic E-state index is 13.8. The van der Waals surface area contributed by atoms with Gasteiger partial charge in [0.05, 0.1) is 19.1 Å². The van der Waals surface area contributed by atoms with Crippen LogP contribution in [0.3, 0.4) is 0 Å². The first-order chi connectivity index (χ1) is 12.1. The van der Waals surface area contributed by atoms with Gasteiger partial charge in [-0.1, -0.05) is 0 Å². The van der Waals surface area contributed by atoms with Crippen molar-refractivity contribution in [1.29, 1.82) is 0 Å². The Kier molecular flexibility index (Phi) is 4.50. The number of carbonyl (C=O) groups is 1. The minimum Gasteiger partial charge on any atom is -0.384 e. The van der Waals surface area contributed by atoms with Crippen molar-refractivity contribution in [2.75, 3.05) is 33.4 Å². The summed E-state index contributed by atoms with van der Waals surface area (Å²) in [5.74, 6) is -0.557. The van der Waals surface area contributed by atoms with Gasteiger partial charge in [0.1, 0.15) is 11.6 Å². The van der Waals surface area contributed by atoms with Gasteiger partial charge >= 0.3 is 0 Å². The molecule has 2 bridgehead atoms. The molecule has 136 valence electrons. The van der Waals surface area contributed by atoms with Gasteiger partial charge in [-0.05, 0) is 49.5 Å². The monoisotopic (exact) mass is 350 g/mol. The lowest BCUT2D eigenvalue weighted by Gasteiger charge is -2.51. The van der Waals surface area contributed by atoms with Gasteiger partial charge in [-0.15, -0.1) is 0 Å². The van der Waals surface area contributed by atoms with Gasteiger partial charge in [-0.2, -0.15) is 0 Å². The largest absolute Gasteiger partial charge is 0.384 e. The standard InChI is InChI=1S/C19H24F2N2O2/c1-25-7-4-17(24)23-11-16(13-8-14(20)10-15(21)9-13)19-18(23)12-2-5-22(19)6-3-12/h8-10,12,16,18-19H,2-7,11H2,1H3/t16-,18-,19-/m1/s1. The lowest BCUT2D eigenvalue weighted by atomic mass is 9.75. The van der Waals surface area contributed by atoms with Crippen LogP contribution in [0.2, 0.25) is 0 Å². The van der Waals surface area contributed by atoms with Gasteiger partial charge in [0.25, 0.3) is 0 Å². The van der Waals surface area contributed by atoms with Crippen LogP contribution in [0.25, 0.3) is 0 Å². The molecule has 4 nitrogen and oxygen atoms in total. The zero-order valence-corrected chi connectivity index (χ0v) is 14.5. The van der Waals surface area contributed by atoms with Gasteiger partial charge in [-0.3, -0.25) is 9.69 Å². The summed E-state index contributed by atoms with van der Waals surface area (Å²) in [6.45, 7) is 2.97. The molecule has 25 heavy (non-hydrogen) atoms. The molecule has 3 atom stereocenters. The second-order valence-electron chi connectivity index (χ2n) is 7.45. The van der Waals surface area contributed by atoms with Gasteiger partial charge < -0.3 is 9.64 Å². The number of nitrogens with zero attached hydrogens (tertiary/aromatic N) is 2. The molecule has 0 aliphatic carbocycles. The van der Waals surface area contributed by atoms with Crippen LogP contribution in [-0.4, -0.2) is 61.1 Å². The maximum Gasteiger partial charge on any atom is 0.225 e. The third-order valence-corrected chi connectivity index (χ3v) is 6.15. The molecule has 0 N–H and O–H groups in total. The number of hydrogen-bond donors (Lipinski definition) is 0. The molecule has 4 heterocycles. The fourth-order valence-corrected chi connectivity index (χ4v) is 5.12. The minimum absolute atomic E-state index is 0.0372. The predicted molar refractivity (Wildman–Crippen MR) is 89.2 cm³/mol. The summed E-state index contributed by atoms with van der Waals surface area (Å²) in [6.07, 6.45) is 2.55. The quantitative estimate of drug-likeness (QED) is 0.836. The zero-order chi connectivity index (χ0) is 17.6. The lowest BCUT2D eigenvalue weighted by molar-refractivity contribution is -0.136. The molecule has 4 fully saturated rings. The van der Waals surface area contributed by atoms with Crippen LogP contribution >= 0.6 is 0 Å². The molecule has 1 aromatic rings. The number of likely N-dealkylation sites (tertiary alicyclic amines) is 1. The molecule has 4 saturated heterocycles. The number of ether oxygens (including phenoxy) is 1. The summed E-state index contributed by atoms with van der Waals surface area (Å²) in [4.78, 5) is 17.1. The highest BCUT2D eigenvalue weighted by Gasteiger charge is 2.54. The minimum atomic E-state index is -0.549. The van der Waals surface area contributed by atoms with Crippen LogP contribution in [0.1, 0.15) is 30.7 Å². The molecule has 0 saturated carbocycles. The number of piperidine rings is 3. The third kappa shape index (κ3) is 2.95. The zero-order valence-electron chi connectivity index (χ0n) is 14.5. The highest BCUT2D eigenvalue weighted by molar-refractivity contribution is 5.77. The molecule has 1 aromatic carbocycles. The van der Waals surface area contributed by atoms with E-state index in [2.05, 4.69) is 4.90 Å². The van der Waals surface area contributed by atoms with Crippen molar-refractivity contribution < 1.29 is 18.3 Å². The Bertz CT molecular complexity index is 641. The van der Waals surface area contributed by atoms with E-state index in [0.29, 0.717) is 31.1 Å². The Hall–Kier alpha value is -1.53. The first-order valence-electron chi connectivity index (χ1n) is 9.07. The molecule has 5 rings (SSSR count). The van der Waals surface area contributed by atoms with E-state index >= 15 is 0 Å². The first-order valence-corrected chi connectivity index (χ1v) is 9.07. The highest BCUT2D eigenvalue weighted by Crippen LogP contribution is 2.46. The van der Waals surface area contributed by atoms with Crippen molar-refractivity contribution in [2.24, 2.45) is 5.92 Å². The molecule has 0 unspecified atom stereocenters. The van der Waals surface area contributed by atoms with E-state index in [1.54, 1.807) is 7.11 Å². The summed E-state index contributed by atoms with van der Waals surface area (Å²) >= 11 is 0. The van der Waals surface area contributed by atoms with Crippen LogP contribution in [0.5, 0.6) is 0 Å². The number of halogens is 2. The molecule has 0 aromatic heterocycles. The summed E-state index contributed by atoms with van der Waals surface area (Å²) < 4.78 is 32.6. The average Bonchev–Trinajstić information content (AvgIpc) is 3.03. The van der Waals surface area contributed by atoms with E-state index in [1.807, 2.05) is 4.90 Å². The fraction of sp³-hybridized carbons (Fsp3) is 0.632. The smallest absolute Gasteiger partial charge is 0.225 e. The summed E-state index contributed by atoms with van der Waals surface area (Å²) in [5.41, 5.74) is 0.669. The number of methoxy groups -OCH3 is 1. The molecular weight excluding hydrogens is 326 g/mol. The molecule has 1 amide bonds. The normalized spacial score (nSPS) is 33.6. The SMILES string of the molecule is COCCC(=O)N1C[C@H](c2cc(F)cc(F)c2)[C@@H]2[C@H]1C1CCN2CC1. The number of hydrogen-bond acceptors (Lipinski definition) is 3. The van der Waals surface area contributed by atoms with Crippen LogP contribution in [0.4, 0.5) is 8.78 Å². The van der Waals surface area contributed by atoms with E-state index in [9.17, 15) is 13.6 Å². The second kappa shape index (κ2) is 6.65. The Morgan fingerprint density at radius 3 is 2.48 bits per heavy atom. The third-order valence-electron chi connectivity index (χ3n) is 6.15. The molecular formula is C19H24F2N2O2. The van der Waals surface area contributed by atoms with Crippen LogP contribution in [0, 0.1) is 17.6 Å². The van der Waals surface area contributed by atoms with Gasteiger partial charge in [-0.25, -0.2) is 8.78 Å². The topological polar surface area (TPSA) is 32.8 Å². The van der Waals surface area contributed by atoms with Crippen molar-refractivity contribution in [1.82, 2.24) is 9.80 Å². The van der Waals surface area contributed by atoms with Gasteiger partial charge in [0.2, 0.25) is 5.91 Å². The molecule has 0 radical (unpaired) electrons. The Morgan fingerprint density at radius 1 is 1.16 bits per heavy atom. The number of carbonyl (C=O) groups excluding carboxylic acids is 1. The number of rotatable bonds is 4. The Labute approximate surface area is 146 Å². The van der Waals surface area contributed by atoms with E-state index in [-0.39, 0.29) is 23.9 Å². The van der Waals surface area contributed by atoms with E-state index in [1.165, 1.54) is 12.1 Å². The number of fused-ring (bicyclic) bond motifs is 2. The van der Waals surface area contributed by atoms with Crippen LogP contribution < -0.4 is 0 Å². The van der Waals surface area contributed by atoms with Crippen molar-refractivity contribution in [2.45, 2.75) is 37.3 Å². The number of benzene rings is 1. The van der Waals surface area contributed by atoms with Crippen LogP contribution in [0.15, 0.2) is 18.2 Å². The number of amides is 1. The van der Waals surface area contributed by atoms with Crippen molar-refractivity contribution in [3.05, 3.63) is 35.4 Å². The van der Waals surface area contributed by atoms with Gasteiger partial charge in [0, 0.05) is 31.7 Å². The summed E-state index contributed by atoms with van der Waals surface area (Å²) in [5, 5.41) is 0. The Morgan fingerprint density at radius 2 is 1.84 bits per heavy atom. The van der Waals surface area contributed by atoms with E-state index in [4.69, 9.17) is 4.74 Å². The van der Waals surface area contributed by atoms with E-state index < -0.39 is 11.6 Å². The van der Waals surface area contributed by atoms with Gasteiger partial charge in [0.15, 0.2) is 0 Å². The molecule has 0 spiro atoms. The van der Waals surface area contributed by atoms with Crippen molar-refractivity contribution >= 4 is 5.91 Å². The van der Waals surface area contributed by atoms with Crippen LogP contribution in [-0.2, 0) is 9.53 Å². The lowest BCUT2D eigenvalue weighted by Crippen LogP contribution is -2.60. The molecule has 4 aliphatic heterocycles. The van der Waals surface area contributed by atoms with Crippen molar-refractivity contribution in [3.8, 4) is 0 Å². The maximum absolute atomic E-state index is 13.8. The Balaban J connectivity index is 1.67. The average molecular weight is 350 g/mol. The van der Waals surface area contributed by atoms with Crippen molar-refractivity contribution in [3.63, 3.8) is 0 Å². The summed E-state index contributed by atoms with van der Waals surface area (Å²) in [6, 6.07) is 4.09. The first kappa shape index (κ1) is 16.9. The predicted octanol–water partition coefficient (Wildman–Crippen LogP) is 2.39. The summed E-state index contributed by atoms with van der Waals surface area (Å²) in [7, 11) is 1.59.